The molecule has 2 aromatic rings. The summed E-state index contributed by atoms with van der Waals surface area (Å²) in [5.74, 6) is -1.52. The van der Waals surface area contributed by atoms with Crippen molar-refractivity contribution in [3.8, 4) is 0 Å². The van der Waals surface area contributed by atoms with Gasteiger partial charge in [-0.05, 0) is 12.1 Å². The highest BCUT2D eigenvalue weighted by Gasteiger charge is 2.10. The van der Waals surface area contributed by atoms with Gasteiger partial charge < -0.3 is 10.4 Å². The number of carbonyl (C=O) groups is 2. The van der Waals surface area contributed by atoms with Crippen LogP contribution in [0, 0.1) is 0 Å². The highest BCUT2D eigenvalue weighted by Crippen LogP contribution is 1.93. The minimum absolute atomic E-state index is 0.111. The topological polar surface area (TPSA) is 123 Å². The number of aromatic carboxylic acids is 1. The third-order valence-electron chi connectivity index (χ3n) is 2.16. The maximum Gasteiger partial charge on any atom is 0.358 e. The Morgan fingerprint density at radius 2 is 2.21 bits per heavy atom. The molecule has 0 bridgehead atoms. The molecule has 0 saturated carbocycles. The SMILES string of the molecule is O=C(Cn1cc(C(=O)O)nn1)NCc1cccnn1. The van der Waals surface area contributed by atoms with Crippen molar-refractivity contribution in [3.63, 3.8) is 0 Å². The molecule has 0 aliphatic heterocycles. The first-order chi connectivity index (χ1) is 9.15. The first-order valence-electron chi connectivity index (χ1n) is 5.32. The zero-order valence-corrected chi connectivity index (χ0v) is 9.72. The molecule has 2 N–H and O–H groups in total. The minimum atomic E-state index is -1.19. The largest absolute Gasteiger partial charge is 0.476 e. The molecule has 2 rings (SSSR count). The summed E-state index contributed by atoms with van der Waals surface area (Å²) in [4.78, 5) is 22.1. The van der Waals surface area contributed by atoms with Gasteiger partial charge >= 0.3 is 5.97 Å². The number of nitrogens with one attached hydrogen (secondary N) is 1. The molecule has 0 fully saturated rings. The fourth-order valence-electron chi connectivity index (χ4n) is 1.29. The highest BCUT2D eigenvalue weighted by molar-refractivity contribution is 5.84. The number of carboxylic acids is 1. The van der Waals surface area contributed by atoms with Gasteiger partial charge in [0.15, 0.2) is 5.69 Å². The van der Waals surface area contributed by atoms with Crippen LogP contribution in [0.5, 0.6) is 0 Å². The second kappa shape index (κ2) is 5.67. The Balaban J connectivity index is 1.85. The number of amides is 1. The Kier molecular flexibility index (Phi) is 3.76. The van der Waals surface area contributed by atoms with Crippen molar-refractivity contribution in [2.24, 2.45) is 0 Å². The molecule has 19 heavy (non-hydrogen) atoms. The van der Waals surface area contributed by atoms with Crippen LogP contribution >= 0.6 is 0 Å². The molecule has 2 heterocycles. The van der Waals surface area contributed by atoms with E-state index in [1.165, 1.54) is 12.4 Å². The van der Waals surface area contributed by atoms with E-state index in [2.05, 4.69) is 25.8 Å². The van der Waals surface area contributed by atoms with E-state index >= 15 is 0 Å². The van der Waals surface area contributed by atoms with E-state index in [-0.39, 0.29) is 24.7 Å². The third-order valence-corrected chi connectivity index (χ3v) is 2.16. The van der Waals surface area contributed by atoms with Crippen molar-refractivity contribution in [3.05, 3.63) is 35.9 Å². The van der Waals surface area contributed by atoms with Crippen LogP contribution in [0.25, 0.3) is 0 Å². The number of hydrogen-bond acceptors (Lipinski definition) is 6. The first-order valence-corrected chi connectivity index (χ1v) is 5.32. The molecule has 0 unspecified atom stereocenters. The van der Waals surface area contributed by atoms with E-state index in [4.69, 9.17) is 5.11 Å². The first kappa shape index (κ1) is 12.6. The Morgan fingerprint density at radius 3 is 2.84 bits per heavy atom. The van der Waals surface area contributed by atoms with E-state index in [0.717, 1.165) is 4.68 Å². The number of nitrogens with zero attached hydrogens (tertiary/aromatic N) is 5. The predicted molar refractivity (Wildman–Crippen MR) is 60.9 cm³/mol. The molecule has 0 atom stereocenters. The zero-order chi connectivity index (χ0) is 13.7. The molecule has 9 nitrogen and oxygen atoms in total. The van der Waals surface area contributed by atoms with Crippen LogP contribution in [-0.4, -0.2) is 42.2 Å². The van der Waals surface area contributed by atoms with Gasteiger partial charge in [0, 0.05) is 6.20 Å². The van der Waals surface area contributed by atoms with Crippen molar-refractivity contribution < 1.29 is 14.7 Å². The van der Waals surface area contributed by atoms with Crippen LogP contribution in [0.3, 0.4) is 0 Å². The molecular formula is C10H10N6O3. The Hall–Kier alpha value is -2.84. The summed E-state index contributed by atoms with van der Waals surface area (Å²) in [6.07, 6.45) is 2.72. The molecule has 1 amide bonds. The Labute approximate surface area is 107 Å². The lowest BCUT2D eigenvalue weighted by Gasteiger charge is -2.03. The van der Waals surface area contributed by atoms with Crippen molar-refractivity contribution >= 4 is 11.9 Å². The van der Waals surface area contributed by atoms with E-state index in [9.17, 15) is 9.59 Å². The highest BCUT2D eigenvalue weighted by atomic mass is 16.4. The normalized spacial score (nSPS) is 10.1. The van der Waals surface area contributed by atoms with Gasteiger partial charge in [-0.2, -0.15) is 10.2 Å². The molecule has 0 saturated heterocycles. The average molecular weight is 262 g/mol. The number of carbonyl (C=O) groups excluding carboxylic acids is 1. The van der Waals surface area contributed by atoms with Crippen molar-refractivity contribution in [2.45, 2.75) is 13.1 Å². The van der Waals surface area contributed by atoms with Crippen LogP contribution in [0.4, 0.5) is 0 Å². The van der Waals surface area contributed by atoms with Gasteiger partial charge in [-0.25, -0.2) is 9.48 Å². The second-order valence-electron chi connectivity index (χ2n) is 3.60. The summed E-state index contributed by atoms with van der Waals surface area (Å²) >= 11 is 0. The summed E-state index contributed by atoms with van der Waals surface area (Å²) in [7, 11) is 0. The van der Waals surface area contributed by atoms with Crippen LogP contribution < -0.4 is 5.32 Å². The van der Waals surface area contributed by atoms with Gasteiger partial charge in [-0.15, -0.1) is 5.10 Å². The van der Waals surface area contributed by atoms with Crippen LogP contribution in [0.1, 0.15) is 16.2 Å². The maximum atomic E-state index is 11.6. The Morgan fingerprint density at radius 1 is 1.37 bits per heavy atom. The van der Waals surface area contributed by atoms with E-state index in [1.807, 2.05) is 0 Å². The third kappa shape index (κ3) is 3.56. The maximum absolute atomic E-state index is 11.6. The zero-order valence-electron chi connectivity index (χ0n) is 9.72. The van der Waals surface area contributed by atoms with Gasteiger partial charge in [0.1, 0.15) is 6.54 Å². The summed E-state index contributed by atoms with van der Waals surface area (Å²) in [6.45, 7) is 0.133. The van der Waals surface area contributed by atoms with E-state index < -0.39 is 5.97 Å². The second-order valence-corrected chi connectivity index (χ2v) is 3.60. The van der Waals surface area contributed by atoms with Gasteiger partial charge in [0.05, 0.1) is 18.4 Å². The summed E-state index contributed by atoms with van der Waals surface area (Å²) in [5, 5.41) is 25.7. The van der Waals surface area contributed by atoms with Crippen LogP contribution in [0.15, 0.2) is 24.5 Å². The smallest absolute Gasteiger partial charge is 0.358 e. The lowest BCUT2D eigenvalue weighted by atomic mass is 10.4. The molecule has 2 aromatic heterocycles. The molecule has 9 heteroatoms. The lowest BCUT2D eigenvalue weighted by Crippen LogP contribution is -2.27. The van der Waals surface area contributed by atoms with Gasteiger partial charge in [-0.3, -0.25) is 4.79 Å². The summed E-state index contributed by atoms with van der Waals surface area (Å²) in [5.41, 5.74) is 0.419. The fraction of sp³-hybridized carbons (Fsp3) is 0.200. The number of carboxylic acid groups (broad SMARTS) is 1. The Bertz CT molecular complexity index is 582. The van der Waals surface area contributed by atoms with E-state index in [1.54, 1.807) is 12.1 Å². The van der Waals surface area contributed by atoms with Crippen molar-refractivity contribution in [1.82, 2.24) is 30.5 Å². The predicted octanol–water partition coefficient (Wildman–Crippen LogP) is -0.917. The monoisotopic (exact) mass is 262 g/mol. The quantitative estimate of drug-likeness (QED) is 0.714. The molecule has 0 aliphatic carbocycles. The number of rotatable bonds is 5. The van der Waals surface area contributed by atoms with Gasteiger partial charge in [-0.1, -0.05) is 5.21 Å². The van der Waals surface area contributed by atoms with Gasteiger partial charge in [0.2, 0.25) is 5.91 Å². The van der Waals surface area contributed by atoms with Crippen molar-refractivity contribution in [1.29, 1.82) is 0 Å². The van der Waals surface area contributed by atoms with Crippen LogP contribution in [0.2, 0.25) is 0 Å². The molecule has 0 aromatic carbocycles. The standard InChI is InChI=1S/C10H10N6O3/c17-9(11-4-7-2-1-3-12-13-7)6-16-5-8(10(18)19)14-15-16/h1-3,5H,4,6H2,(H,11,17)(H,18,19). The van der Waals surface area contributed by atoms with Crippen molar-refractivity contribution in [2.75, 3.05) is 0 Å². The summed E-state index contributed by atoms with van der Waals surface area (Å²) < 4.78 is 1.15. The lowest BCUT2D eigenvalue weighted by molar-refractivity contribution is -0.122. The van der Waals surface area contributed by atoms with E-state index in [0.29, 0.717) is 5.69 Å². The molecule has 0 aliphatic rings. The molecule has 98 valence electrons. The summed E-state index contributed by atoms with van der Waals surface area (Å²) in [6, 6.07) is 3.44. The average Bonchev–Trinajstić information content (AvgIpc) is 2.86. The minimum Gasteiger partial charge on any atom is -0.476 e. The number of aromatic nitrogens is 5. The number of hydrogen-bond donors (Lipinski definition) is 2. The molecule has 0 spiro atoms. The molecule has 0 radical (unpaired) electrons. The van der Waals surface area contributed by atoms with Crippen LogP contribution in [-0.2, 0) is 17.9 Å². The molecular weight excluding hydrogens is 252 g/mol. The van der Waals surface area contributed by atoms with Gasteiger partial charge in [0.25, 0.3) is 0 Å². The fourth-order valence-corrected chi connectivity index (χ4v) is 1.29.